The second kappa shape index (κ2) is 11.1. The highest BCUT2D eigenvalue weighted by molar-refractivity contribution is 5.95. The van der Waals surface area contributed by atoms with Gasteiger partial charge in [-0.2, -0.15) is 10.2 Å². The minimum atomic E-state index is -0.429. The van der Waals surface area contributed by atoms with E-state index in [0.29, 0.717) is 34.2 Å². The maximum atomic E-state index is 13.2. The predicted molar refractivity (Wildman–Crippen MR) is 137 cm³/mol. The first kappa shape index (κ1) is 24.3. The van der Waals surface area contributed by atoms with Gasteiger partial charge in [0.05, 0.1) is 46.0 Å². The molecule has 1 N–H and O–H groups in total. The van der Waals surface area contributed by atoms with Crippen molar-refractivity contribution in [3.05, 3.63) is 84.1 Å². The number of amides is 1. The van der Waals surface area contributed by atoms with Crippen molar-refractivity contribution in [2.24, 2.45) is 5.10 Å². The zero-order chi connectivity index (χ0) is 25.5. The minimum Gasteiger partial charge on any atom is -0.497 e. The number of nitrogens with one attached hydrogen (secondary N) is 1. The molecule has 0 fully saturated rings. The molecule has 0 atom stereocenters. The van der Waals surface area contributed by atoms with Gasteiger partial charge in [-0.05, 0) is 48.5 Å². The molecule has 9 heteroatoms. The van der Waals surface area contributed by atoms with Gasteiger partial charge in [-0.25, -0.2) is 10.1 Å². The van der Waals surface area contributed by atoms with Crippen molar-refractivity contribution >= 4 is 12.1 Å². The van der Waals surface area contributed by atoms with Crippen molar-refractivity contribution in [3.63, 3.8) is 0 Å². The van der Waals surface area contributed by atoms with Gasteiger partial charge in [-0.1, -0.05) is 18.2 Å². The lowest BCUT2D eigenvalue weighted by Gasteiger charge is -2.11. The summed E-state index contributed by atoms with van der Waals surface area (Å²) in [7, 11) is 6.23. The fourth-order valence-corrected chi connectivity index (χ4v) is 3.58. The first-order valence-corrected chi connectivity index (χ1v) is 11.0. The van der Waals surface area contributed by atoms with Crippen LogP contribution >= 0.6 is 0 Å². The number of para-hydroxylation sites is 1. The Morgan fingerprint density at radius 2 is 1.50 bits per heavy atom. The molecule has 184 valence electrons. The Hall–Kier alpha value is -4.79. The van der Waals surface area contributed by atoms with Gasteiger partial charge in [0.15, 0.2) is 11.5 Å². The Bertz CT molecular complexity index is 1370. The largest absolute Gasteiger partial charge is 0.497 e. The first-order chi connectivity index (χ1) is 17.6. The fraction of sp³-hybridized carbons (Fsp3) is 0.148. The van der Waals surface area contributed by atoms with Crippen LogP contribution in [-0.4, -0.2) is 50.3 Å². The van der Waals surface area contributed by atoms with Crippen LogP contribution in [0.3, 0.4) is 0 Å². The number of rotatable bonds is 9. The average Bonchev–Trinajstić information content (AvgIpc) is 3.39. The first-order valence-electron chi connectivity index (χ1n) is 11.0. The van der Waals surface area contributed by atoms with Crippen LogP contribution < -0.4 is 24.4 Å². The van der Waals surface area contributed by atoms with Crippen LogP contribution in [-0.2, 0) is 0 Å². The second-order valence-electron chi connectivity index (χ2n) is 7.54. The molecule has 0 unspecified atom stereocenters. The Balaban J connectivity index is 1.64. The summed E-state index contributed by atoms with van der Waals surface area (Å²) in [5, 5.41) is 8.81. The predicted octanol–water partition coefficient (Wildman–Crippen LogP) is 4.34. The van der Waals surface area contributed by atoms with Crippen molar-refractivity contribution in [2.45, 2.75) is 0 Å². The number of carbonyl (C=O) groups excluding carboxylic acids is 1. The number of hydrazone groups is 1. The number of ether oxygens (including phenoxy) is 4. The van der Waals surface area contributed by atoms with Crippen LogP contribution in [0.2, 0.25) is 0 Å². The lowest BCUT2D eigenvalue weighted by Crippen LogP contribution is -2.21. The maximum absolute atomic E-state index is 13.2. The van der Waals surface area contributed by atoms with Gasteiger partial charge in [-0.15, -0.1) is 0 Å². The molecule has 3 aromatic carbocycles. The molecule has 0 aliphatic heterocycles. The number of carbonyl (C=O) groups is 1. The van der Waals surface area contributed by atoms with E-state index in [-0.39, 0.29) is 0 Å². The van der Waals surface area contributed by atoms with Crippen LogP contribution in [0.15, 0.2) is 77.9 Å². The standard InChI is InChI=1S/C27H26N4O5/c1-33-21-12-10-18(11-13-21)22-15-23(31(30-22)20-8-6-5-7-9-20)27(32)29-28-17-19-14-25(35-3)26(36-4)16-24(19)34-2/h5-17H,1-4H3,(H,29,32)/b28-17-. The topological polar surface area (TPSA) is 96.2 Å². The third-order valence-corrected chi connectivity index (χ3v) is 5.43. The summed E-state index contributed by atoms with van der Waals surface area (Å²) in [6.45, 7) is 0. The molecule has 1 heterocycles. The van der Waals surface area contributed by atoms with Gasteiger partial charge in [-0.3, -0.25) is 4.79 Å². The Labute approximate surface area is 208 Å². The lowest BCUT2D eigenvalue weighted by molar-refractivity contribution is 0.0947. The number of hydrogen-bond donors (Lipinski definition) is 1. The zero-order valence-corrected chi connectivity index (χ0v) is 20.4. The molecule has 0 aliphatic rings. The molecular weight excluding hydrogens is 460 g/mol. The monoisotopic (exact) mass is 486 g/mol. The Morgan fingerprint density at radius 1 is 0.833 bits per heavy atom. The molecule has 9 nitrogen and oxygen atoms in total. The molecule has 0 bridgehead atoms. The number of methoxy groups -OCH3 is 4. The maximum Gasteiger partial charge on any atom is 0.290 e. The number of benzene rings is 3. The van der Waals surface area contributed by atoms with E-state index in [2.05, 4.69) is 15.6 Å². The minimum absolute atomic E-state index is 0.323. The normalized spacial score (nSPS) is 10.8. The van der Waals surface area contributed by atoms with Crippen molar-refractivity contribution in [2.75, 3.05) is 28.4 Å². The number of hydrogen-bond acceptors (Lipinski definition) is 7. The molecule has 0 spiro atoms. The molecule has 0 saturated heterocycles. The third-order valence-electron chi connectivity index (χ3n) is 5.43. The third kappa shape index (κ3) is 5.15. The highest BCUT2D eigenvalue weighted by atomic mass is 16.5. The van der Waals surface area contributed by atoms with Crippen molar-refractivity contribution < 1.29 is 23.7 Å². The van der Waals surface area contributed by atoms with E-state index in [1.165, 1.54) is 20.4 Å². The van der Waals surface area contributed by atoms with E-state index in [1.807, 2.05) is 54.6 Å². The highest BCUT2D eigenvalue weighted by Gasteiger charge is 2.18. The van der Waals surface area contributed by atoms with Crippen LogP contribution in [0, 0.1) is 0 Å². The SMILES string of the molecule is COc1ccc(-c2cc(C(=O)N/N=C\c3cc(OC)c(OC)cc3OC)n(-c3ccccc3)n2)cc1. The summed E-state index contributed by atoms with van der Waals surface area (Å²) in [6, 6.07) is 22.0. The van der Waals surface area contributed by atoms with E-state index in [1.54, 1.807) is 37.1 Å². The smallest absolute Gasteiger partial charge is 0.290 e. The van der Waals surface area contributed by atoms with Crippen molar-refractivity contribution in [3.8, 4) is 39.9 Å². The van der Waals surface area contributed by atoms with E-state index >= 15 is 0 Å². The van der Waals surface area contributed by atoms with E-state index < -0.39 is 5.91 Å². The molecule has 0 aliphatic carbocycles. The molecule has 0 radical (unpaired) electrons. The molecule has 4 rings (SSSR count). The molecule has 36 heavy (non-hydrogen) atoms. The summed E-state index contributed by atoms with van der Waals surface area (Å²) in [6.07, 6.45) is 1.48. The summed E-state index contributed by atoms with van der Waals surface area (Å²) in [5.74, 6) is 1.86. The summed E-state index contributed by atoms with van der Waals surface area (Å²) >= 11 is 0. The summed E-state index contributed by atoms with van der Waals surface area (Å²) in [4.78, 5) is 13.2. The quantitative estimate of drug-likeness (QED) is 0.279. The van der Waals surface area contributed by atoms with E-state index in [9.17, 15) is 4.79 Å². The zero-order valence-electron chi connectivity index (χ0n) is 20.4. The van der Waals surface area contributed by atoms with Crippen LogP contribution in [0.4, 0.5) is 0 Å². The van der Waals surface area contributed by atoms with Crippen molar-refractivity contribution in [1.82, 2.24) is 15.2 Å². The summed E-state index contributed by atoms with van der Waals surface area (Å²) in [5.41, 5.74) is 5.73. The second-order valence-corrected chi connectivity index (χ2v) is 7.54. The Morgan fingerprint density at radius 3 is 2.14 bits per heavy atom. The fourth-order valence-electron chi connectivity index (χ4n) is 3.58. The van der Waals surface area contributed by atoms with Gasteiger partial charge < -0.3 is 18.9 Å². The highest BCUT2D eigenvalue weighted by Crippen LogP contribution is 2.33. The van der Waals surface area contributed by atoms with Crippen LogP contribution in [0.25, 0.3) is 16.9 Å². The van der Waals surface area contributed by atoms with Gasteiger partial charge >= 0.3 is 0 Å². The Kier molecular flexibility index (Phi) is 7.50. The van der Waals surface area contributed by atoms with Crippen LogP contribution in [0.1, 0.15) is 16.1 Å². The van der Waals surface area contributed by atoms with Gasteiger partial charge in [0, 0.05) is 17.2 Å². The van der Waals surface area contributed by atoms with Crippen molar-refractivity contribution in [1.29, 1.82) is 0 Å². The van der Waals surface area contributed by atoms with Gasteiger partial charge in [0.25, 0.3) is 5.91 Å². The number of nitrogens with zero attached hydrogens (tertiary/aromatic N) is 3. The molecule has 1 amide bonds. The van der Waals surface area contributed by atoms with Crippen LogP contribution in [0.5, 0.6) is 23.0 Å². The molecule has 0 saturated carbocycles. The van der Waals surface area contributed by atoms with E-state index in [4.69, 9.17) is 18.9 Å². The van der Waals surface area contributed by atoms with Gasteiger partial charge in [0.2, 0.25) is 0 Å². The molecule has 4 aromatic rings. The lowest BCUT2D eigenvalue weighted by atomic mass is 10.1. The van der Waals surface area contributed by atoms with E-state index in [0.717, 1.165) is 17.0 Å². The average molecular weight is 487 g/mol. The van der Waals surface area contributed by atoms with Gasteiger partial charge in [0.1, 0.15) is 17.2 Å². The molecule has 1 aromatic heterocycles. The molecular formula is C27H26N4O5. The summed E-state index contributed by atoms with van der Waals surface area (Å²) < 4.78 is 22.9. The number of aromatic nitrogens is 2.